The maximum atomic E-state index is 4.36. The Kier molecular flexibility index (Phi) is 5.79. The number of benzene rings is 4. The Balaban J connectivity index is 1.08. The lowest BCUT2D eigenvalue weighted by Crippen LogP contribution is -2.60. The van der Waals surface area contributed by atoms with Crippen LogP contribution < -0.4 is 21.3 Å². The average Bonchev–Trinajstić information content (AvgIpc) is 4.03. The second-order valence-corrected chi connectivity index (χ2v) is 17.5. The quantitative estimate of drug-likeness (QED) is 0.216. The fourth-order valence-electron chi connectivity index (χ4n) is 13.8. The van der Waals surface area contributed by atoms with E-state index in [1.165, 1.54) is 56.1 Å². The zero-order valence-corrected chi connectivity index (χ0v) is 30.8. The predicted octanol–water partition coefficient (Wildman–Crippen LogP) is 5.78. The monoisotopic (exact) mass is 690 g/mol. The molecular weight excluding hydrogens is 641 g/mol. The molecular formula is C44H50N8. The molecule has 4 aromatic rings. The van der Waals surface area contributed by atoms with Crippen LogP contribution >= 0.6 is 0 Å². The maximum absolute atomic E-state index is 4.36. The molecule has 0 aromatic heterocycles. The summed E-state index contributed by atoms with van der Waals surface area (Å²) in [5.74, 6) is 0. The van der Waals surface area contributed by atoms with E-state index < -0.39 is 0 Å². The molecule has 4 aromatic carbocycles. The Bertz CT molecular complexity index is 2180. The SMILES string of the molecule is CN1CCC2(c3cccc4c3NC3N(C)CCC43c3cccc4c3NC3N(C)CCC43C34CCN(C)C3Nc3ccccc34)c3ccccc3NC12. The molecule has 0 aliphatic carbocycles. The van der Waals surface area contributed by atoms with Crippen molar-refractivity contribution in [3.05, 3.63) is 118 Å². The molecule has 4 N–H and O–H groups in total. The molecule has 8 unspecified atom stereocenters. The van der Waals surface area contributed by atoms with Crippen molar-refractivity contribution in [2.75, 3.05) is 75.6 Å². The molecule has 0 amide bonds. The van der Waals surface area contributed by atoms with Gasteiger partial charge in [0.25, 0.3) is 0 Å². The molecule has 4 fully saturated rings. The zero-order chi connectivity index (χ0) is 34.8. The molecule has 0 saturated carbocycles. The van der Waals surface area contributed by atoms with Crippen LogP contribution in [-0.2, 0) is 21.7 Å². The average molecular weight is 691 g/mol. The van der Waals surface area contributed by atoms with Crippen LogP contribution in [0.4, 0.5) is 22.7 Å². The van der Waals surface area contributed by atoms with E-state index >= 15 is 0 Å². The normalized spacial score (nSPS) is 38.0. The predicted molar refractivity (Wildman–Crippen MR) is 209 cm³/mol. The summed E-state index contributed by atoms with van der Waals surface area (Å²) in [6.07, 6.45) is 5.43. The van der Waals surface area contributed by atoms with E-state index in [0.29, 0.717) is 0 Å². The van der Waals surface area contributed by atoms with Crippen molar-refractivity contribution < 1.29 is 0 Å². The molecule has 8 aliphatic rings. The van der Waals surface area contributed by atoms with Gasteiger partial charge in [-0.3, -0.25) is 19.6 Å². The second kappa shape index (κ2) is 9.91. The molecule has 8 heterocycles. The van der Waals surface area contributed by atoms with Gasteiger partial charge < -0.3 is 21.3 Å². The molecule has 8 nitrogen and oxygen atoms in total. The molecule has 0 radical (unpaired) electrons. The van der Waals surface area contributed by atoms with E-state index in [0.717, 1.165) is 51.9 Å². The van der Waals surface area contributed by atoms with Crippen LogP contribution in [0.1, 0.15) is 59.1 Å². The molecule has 8 heteroatoms. The Hall–Kier alpha value is -4.08. The van der Waals surface area contributed by atoms with Crippen LogP contribution in [0.5, 0.6) is 0 Å². The first-order valence-electron chi connectivity index (χ1n) is 19.7. The molecule has 52 heavy (non-hydrogen) atoms. The standard InChI is InChI=1S/C44H50N8/c1-49-23-19-41(27-11-5-7-17-33(27)45-37(41)49)29-13-9-14-30-35(29)47-38-42(30,20-24-50(38)2)31-15-10-16-32-36(31)48-40-44(32,22-26-52(40)4)43-21-25-51(3)39(43)46-34-18-8-6-12-28(34)43/h5-18,37-40,45-48H,19-26H2,1-4H3. The number of rotatable bonds is 3. The van der Waals surface area contributed by atoms with Crippen molar-refractivity contribution in [2.24, 2.45) is 0 Å². The Morgan fingerprint density at radius 2 is 0.788 bits per heavy atom. The lowest BCUT2D eigenvalue weighted by molar-refractivity contribution is 0.147. The molecule has 8 aliphatic heterocycles. The number of likely N-dealkylation sites (N-methyl/N-ethyl adjacent to an activating group) is 4. The van der Waals surface area contributed by atoms with Crippen molar-refractivity contribution in [1.29, 1.82) is 0 Å². The Morgan fingerprint density at radius 3 is 1.44 bits per heavy atom. The summed E-state index contributed by atoms with van der Waals surface area (Å²) in [6, 6.07) is 33.0. The first kappa shape index (κ1) is 30.4. The summed E-state index contributed by atoms with van der Waals surface area (Å²) in [6.45, 7) is 4.34. The summed E-state index contributed by atoms with van der Waals surface area (Å²) < 4.78 is 0. The largest absolute Gasteiger partial charge is 0.369 e. The van der Waals surface area contributed by atoms with E-state index in [1.807, 2.05) is 0 Å². The molecule has 0 bridgehead atoms. The number of hydrogen-bond acceptors (Lipinski definition) is 8. The van der Waals surface area contributed by atoms with Crippen LogP contribution in [-0.4, -0.2) is 98.6 Å². The number of likely N-dealkylation sites (tertiary alicyclic amines) is 4. The minimum atomic E-state index is -0.172. The summed E-state index contributed by atoms with van der Waals surface area (Å²) in [5.41, 5.74) is 13.9. The van der Waals surface area contributed by atoms with E-state index in [-0.39, 0.29) is 46.3 Å². The highest BCUT2D eigenvalue weighted by Crippen LogP contribution is 2.68. The number of nitrogens with zero attached hydrogens (tertiary/aromatic N) is 4. The maximum Gasteiger partial charge on any atom is 0.0933 e. The van der Waals surface area contributed by atoms with E-state index in [1.54, 1.807) is 0 Å². The van der Waals surface area contributed by atoms with Gasteiger partial charge in [-0.2, -0.15) is 0 Å². The fourth-order valence-corrected chi connectivity index (χ4v) is 13.8. The highest BCUT2D eigenvalue weighted by molar-refractivity contribution is 5.81. The van der Waals surface area contributed by atoms with E-state index in [4.69, 9.17) is 0 Å². The first-order valence-corrected chi connectivity index (χ1v) is 19.7. The second-order valence-electron chi connectivity index (χ2n) is 17.5. The first-order chi connectivity index (χ1) is 25.4. The van der Waals surface area contributed by atoms with Crippen LogP contribution in [0.2, 0.25) is 0 Å². The summed E-state index contributed by atoms with van der Waals surface area (Å²) >= 11 is 0. The lowest BCUT2D eigenvalue weighted by atomic mass is 9.54. The number of para-hydroxylation sites is 4. The van der Waals surface area contributed by atoms with Gasteiger partial charge in [-0.1, -0.05) is 72.8 Å². The highest BCUT2D eigenvalue weighted by atomic mass is 15.4. The minimum Gasteiger partial charge on any atom is -0.369 e. The van der Waals surface area contributed by atoms with Gasteiger partial charge in [-0.15, -0.1) is 0 Å². The van der Waals surface area contributed by atoms with Crippen molar-refractivity contribution >= 4 is 22.7 Å². The number of anilines is 4. The van der Waals surface area contributed by atoms with Crippen LogP contribution in [0.15, 0.2) is 84.9 Å². The van der Waals surface area contributed by atoms with Gasteiger partial charge in [-0.05, 0) is 99.4 Å². The van der Waals surface area contributed by atoms with Crippen molar-refractivity contribution in [2.45, 2.75) is 72.0 Å². The summed E-state index contributed by atoms with van der Waals surface area (Å²) in [7, 11) is 9.31. The lowest BCUT2D eigenvalue weighted by Gasteiger charge is -2.48. The molecule has 8 atom stereocenters. The number of hydrogen-bond donors (Lipinski definition) is 4. The summed E-state index contributed by atoms with van der Waals surface area (Å²) in [5, 5.41) is 16.7. The highest BCUT2D eigenvalue weighted by Gasteiger charge is 2.72. The van der Waals surface area contributed by atoms with Crippen molar-refractivity contribution in [3.8, 4) is 0 Å². The number of nitrogens with one attached hydrogen (secondary N) is 4. The third-order valence-corrected chi connectivity index (χ3v) is 15.9. The Labute approximate surface area is 307 Å². The van der Waals surface area contributed by atoms with Gasteiger partial charge >= 0.3 is 0 Å². The van der Waals surface area contributed by atoms with Crippen LogP contribution in [0, 0.1) is 0 Å². The third-order valence-electron chi connectivity index (χ3n) is 15.9. The fraction of sp³-hybridized carbons (Fsp3) is 0.455. The van der Waals surface area contributed by atoms with Gasteiger partial charge in [0.2, 0.25) is 0 Å². The smallest absolute Gasteiger partial charge is 0.0933 e. The summed E-state index contributed by atoms with van der Waals surface area (Å²) in [4.78, 5) is 10.3. The van der Waals surface area contributed by atoms with Crippen LogP contribution in [0.25, 0.3) is 0 Å². The molecule has 12 rings (SSSR count). The third kappa shape index (κ3) is 3.17. The Morgan fingerprint density at radius 1 is 0.404 bits per heavy atom. The van der Waals surface area contributed by atoms with Gasteiger partial charge in [0.05, 0.1) is 35.5 Å². The van der Waals surface area contributed by atoms with E-state index in [9.17, 15) is 0 Å². The van der Waals surface area contributed by atoms with Gasteiger partial charge in [0, 0.05) is 59.8 Å². The van der Waals surface area contributed by atoms with Gasteiger partial charge in [0.15, 0.2) is 0 Å². The number of fused-ring (bicyclic) bond motifs is 13. The van der Waals surface area contributed by atoms with Crippen molar-refractivity contribution in [3.63, 3.8) is 0 Å². The molecule has 4 saturated heterocycles. The van der Waals surface area contributed by atoms with Gasteiger partial charge in [0.1, 0.15) is 0 Å². The van der Waals surface area contributed by atoms with Gasteiger partial charge in [-0.25, -0.2) is 0 Å². The topological polar surface area (TPSA) is 61.1 Å². The minimum absolute atomic E-state index is 0.0290. The van der Waals surface area contributed by atoms with Crippen molar-refractivity contribution in [1.82, 2.24) is 19.6 Å². The van der Waals surface area contributed by atoms with E-state index in [2.05, 4.69) is 154 Å². The van der Waals surface area contributed by atoms with Crippen LogP contribution in [0.3, 0.4) is 0 Å². The molecule has 266 valence electrons. The zero-order valence-electron chi connectivity index (χ0n) is 30.8. The molecule has 0 spiro atoms.